The molecule has 3 rings (SSSR count). The number of carbonyl (C=O) groups excluding carboxylic acids is 2. The van der Waals surface area contributed by atoms with Crippen molar-refractivity contribution in [2.45, 2.75) is 85.1 Å². The Kier molecular flexibility index (Phi) is 10.2. The fraction of sp³-hybridized carbons (Fsp3) is 0.533. The highest BCUT2D eigenvalue weighted by molar-refractivity contribution is 5.96. The normalized spacial score (nSPS) is 15.4. The molecule has 184 valence electrons. The van der Waals surface area contributed by atoms with E-state index in [1.807, 2.05) is 54.0 Å². The Morgan fingerprint density at radius 1 is 0.853 bits per heavy atom. The molecule has 0 fully saturated rings. The zero-order chi connectivity index (χ0) is 24.3. The van der Waals surface area contributed by atoms with Gasteiger partial charge in [-0.15, -0.1) is 0 Å². The molecule has 4 nitrogen and oxygen atoms in total. The minimum atomic E-state index is -0.0606. The van der Waals surface area contributed by atoms with Crippen molar-refractivity contribution >= 4 is 17.5 Å². The minimum absolute atomic E-state index is 0.0606. The Balaban J connectivity index is 1.85. The van der Waals surface area contributed by atoms with Crippen molar-refractivity contribution in [3.05, 3.63) is 65.2 Å². The molecule has 0 bridgehead atoms. The van der Waals surface area contributed by atoms with Gasteiger partial charge in [-0.05, 0) is 55.0 Å². The van der Waals surface area contributed by atoms with Crippen molar-refractivity contribution in [2.75, 3.05) is 18.0 Å². The zero-order valence-corrected chi connectivity index (χ0v) is 21.4. The number of carbonyl (C=O) groups is 2. The predicted octanol–water partition coefficient (Wildman–Crippen LogP) is 7.01. The number of benzene rings is 2. The van der Waals surface area contributed by atoms with E-state index >= 15 is 0 Å². The third kappa shape index (κ3) is 7.19. The predicted molar refractivity (Wildman–Crippen MR) is 141 cm³/mol. The fourth-order valence-electron chi connectivity index (χ4n) is 4.71. The molecule has 2 aromatic carbocycles. The topological polar surface area (TPSA) is 40.6 Å². The third-order valence-electron chi connectivity index (χ3n) is 6.77. The summed E-state index contributed by atoms with van der Waals surface area (Å²) in [5.41, 5.74) is 4.04. The van der Waals surface area contributed by atoms with Crippen LogP contribution < -0.4 is 4.90 Å². The number of amides is 2. The van der Waals surface area contributed by atoms with Crippen molar-refractivity contribution in [1.82, 2.24) is 4.90 Å². The number of unbranched alkanes of at least 4 members (excludes halogenated alkanes) is 2. The molecule has 1 aliphatic heterocycles. The second kappa shape index (κ2) is 13.3. The largest absolute Gasteiger partial charge is 0.334 e. The van der Waals surface area contributed by atoms with Crippen LogP contribution in [0.15, 0.2) is 48.5 Å². The van der Waals surface area contributed by atoms with E-state index in [0.29, 0.717) is 6.54 Å². The molecule has 0 unspecified atom stereocenters. The first kappa shape index (κ1) is 26.0. The molecule has 0 atom stereocenters. The first-order valence-electron chi connectivity index (χ1n) is 13.3. The Bertz CT molecular complexity index is 920. The maximum absolute atomic E-state index is 13.6. The van der Waals surface area contributed by atoms with Crippen LogP contribution in [0.3, 0.4) is 0 Å². The second-order valence-corrected chi connectivity index (χ2v) is 9.92. The standard InChI is InChI=1S/C30H42N2O2/c1-4-5-9-14-25-17-19-26(20-18-25)30(34)31-21-12-7-6-8-13-22-32(29(33)24(2)3)28-16-11-10-15-27(28)23-31/h10-11,15-20,24H,4-9,12-14,21-23H2,1-3H3. The van der Waals surface area contributed by atoms with E-state index in [-0.39, 0.29) is 17.7 Å². The Morgan fingerprint density at radius 2 is 1.53 bits per heavy atom. The fourth-order valence-corrected chi connectivity index (χ4v) is 4.71. The molecule has 1 aliphatic rings. The average Bonchev–Trinajstić information content (AvgIpc) is 2.84. The van der Waals surface area contributed by atoms with Gasteiger partial charge in [0.1, 0.15) is 0 Å². The molecule has 0 saturated heterocycles. The summed E-state index contributed by atoms with van der Waals surface area (Å²) in [5, 5.41) is 0. The molecular formula is C30H42N2O2. The molecule has 34 heavy (non-hydrogen) atoms. The first-order chi connectivity index (χ1) is 16.5. The third-order valence-corrected chi connectivity index (χ3v) is 6.77. The van der Waals surface area contributed by atoms with E-state index in [4.69, 9.17) is 0 Å². The van der Waals surface area contributed by atoms with Gasteiger partial charge < -0.3 is 9.80 Å². The maximum Gasteiger partial charge on any atom is 0.254 e. The van der Waals surface area contributed by atoms with Gasteiger partial charge in [-0.3, -0.25) is 9.59 Å². The molecule has 0 radical (unpaired) electrons. The van der Waals surface area contributed by atoms with Crippen LogP contribution in [0.5, 0.6) is 0 Å². The molecule has 0 saturated carbocycles. The van der Waals surface area contributed by atoms with E-state index in [2.05, 4.69) is 25.1 Å². The molecule has 0 aliphatic carbocycles. The van der Waals surface area contributed by atoms with Gasteiger partial charge in [-0.2, -0.15) is 0 Å². The van der Waals surface area contributed by atoms with Gasteiger partial charge in [0.15, 0.2) is 0 Å². The van der Waals surface area contributed by atoms with Crippen LogP contribution in [0.2, 0.25) is 0 Å². The van der Waals surface area contributed by atoms with Crippen LogP contribution >= 0.6 is 0 Å². The van der Waals surface area contributed by atoms with Crippen LogP contribution in [-0.4, -0.2) is 29.8 Å². The number of para-hydroxylation sites is 1. The molecule has 1 heterocycles. The van der Waals surface area contributed by atoms with Crippen molar-refractivity contribution in [1.29, 1.82) is 0 Å². The first-order valence-corrected chi connectivity index (χ1v) is 13.3. The molecule has 0 spiro atoms. The number of anilines is 1. The minimum Gasteiger partial charge on any atom is -0.334 e. The number of hydrogen-bond acceptors (Lipinski definition) is 2. The smallest absolute Gasteiger partial charge is 0.254 e. The van der Waals surface area contributed by atoms with Crippen molar-refractivity contribution < 1.29 is 9.59 Å². The number of rotatable bonds is 6. The zero-order valence-electron chi connectivity index (χ0n) is 21.4. The second-order valence-electron chi connectivity index (χ2n) is 9.92. The number of aryl methyl sites for hydroxylation is 1. The summed E-state index contributed by atoms with van der Waals surface area (Å²) in [6.45, 7) is 8.14. The van der Waals surface area contributed by atoms with Crippen LogP contribution in [0.25, 0.3) is 0 Å². The quantitative estimate of drug-likeness (QED) is 0.433. The SMILES string of the molecule is CCCCCc1ccc(C(=O)N2CCCCCCCN(C(=O)C(C)C)c3ccccc3C2)cc1. The van der Waals surface area contributed by atoms with Crippen molar-refractivity contribution in [3.8, 4) is 0 Å². The summed E-state index contributed by atoms with van der Waals surface area (Å²) in [6.07, 6.45) is 10.1. The summed E-state index contributed by atoms with van der Waals surface area (Å²) in [6, 6.07) is 16.3. The van der Waals surface area contributed by atoms with E-state index in [9.17, 15) is 9.59 Å². The van der Waals surface area contributed by atoms with Crippen molar-refractivity contribution in [2.24, 2.45) is 5.92 Å². The highest BCUT2D eigenvalue weighted by Crippen LogP contribution is 2.26. The maximum atomic E-state index is 13.6. The lowest BCUT2D eigenvalue weighted by Gasteiger charge is -2.30. The van der Waals surface area contributed by atoms with Crippen LogP contribution in [0, 0.1) is 5.92 Å². The van der Waals surface area contributed by atoms with Gasteiger partial charge in [-0.1, -0.05) is 83.2 Å². The van der Waals surface area contributed by atoms with Gasteiger partial charge in [-0.25, -0.2) is 0 Å². The molecule has 2 amide bonds. The van der Waals surface area contributed by atoms with Gasteiger partial charge in [0.05, 0.1) is 0 Å². The number of nitrogens with zero attached hydrogens (tertiary/aromatic N) is 2. The van der Waals surface area contributed by atoms with Gasteiger partial charge >= 0.3 is 0 Å². The Morgan fingerprint density at radius 3 is 2.24 bits per heavy atom. The van der Waals surface area contributed by atoms with E-state index in [0.717, 1.165) is 68.4 Å². The van der Waals surface area contributed by atoms with Crippen LogP contribution in [0.4, 0.5) is 5.69 Å². The Labute approximate surface area is 206 Å². The highest BCUT2D eigenvalue weighted by atomic mass is 16.2. The van der Waals surface area contributed by atoms with Crippen LogP contribution in [-0.2, 0) is 17.8 Å². The summed E-state index contributed by atoms with van der Waals surface area (Å²) in [5.74, 6) is 0.171. The lowest BCUT2D eigenvalue weighted by molar-refractivity contribution is -0.121. The Hall–Kier alpha value is -2.62. The summed E-state index contributed by atoms with van der Waals surface area (Å²) >= 11 is 0. The van der Waals surface area contributed by atoms with E-state index in [1.165, 1.54) is 24.8 Å². The molecular weight excluding hydrogens is 420 g/mol. The number of fused-ring (bicyclic) bond motifs is 1. The van der Waals surface area contributed by atoms with Gasteiger partial charge in [0.25, 0.3) is 5.91 Å². The lowest BCUT2D eigenvalue weighted by atomic mass is 10.0. The molecule has 2 aromatic rings. The van der Waals surface area contributed by atoms with E-state index in [1.54, 1.807) is 0 Å². The average molecular weight is 463 g/mol. The van der Waals surface area contributed by atoms with Crippen LogP contribution in [0.1, 0.15) is 93.6 Å². The molecule has 0 aromatic heterocycles. The van der Waals surface area contributed by atoms with Gasteiger partial charge in [0, 0.05) is 36.8 Å². The monoisotopic (exact) mass is 462 g/mol. The lowest BCUT2D eigenvalue weighted by Crippen LogP contribution is -2.37. The van der Waals surface area contributed by atoms with Crippen molar-refractivity contribution in [3.63, 3.8) is 0 Å². The molecule has 4 heteroatoms. The summed E-state index contributed by atoms with van der Waals surface area (Å²) in [7, 11) is 0. The van der Waals surface area contributed by atoms with E-state index < -0.39 is 0 Å². The number of hydrogen-bond donors (Lipinski definition) is 0. The molecule has 0 N–H and O–H groups in total. The van der Waals surface area contributed by atoms with Gasteiger partial charge in [0.2, 0.25) is 5.91 Å². The highest BCUT2D eigenvalue weighted by Gasteiger charge is 2.24. The summed E-state index contributed by atoms with van der Waals surface area (Å²) < 4.78 is 0. The summed E-state index contributed by atoms with van der Waals surface area (Å²) in [4.78, 5) is 30.6.